The fourth-order valence-corrected chi connectivity index (χ4v) is 5.23. The lowest BCUT2D eigenvalue weighted by atomic mass is 9.83. The van der Waals surface area contributed by atoms with Gasteiger partial charge in [-0.15, -0.1) is 11.8 Å². The Morgan fingerprint density at radius 1 is 1.43 bits per heavy atom. The molecule has 3 heterocycles. The van der Waals surface area contributed by atoms with Crippen molar-refractivity contribution >= 4 is 17.7 Å². The quantitative estimate of drug-likeness (QED) is 0.837. The summed E-state index contributed by atoms with van der Waals surface area (Å²) in [5, 5.41) is 6.87. The largest absolute Gasteiger partial charge is 0.336 e. The fraction of sp³-hybridized carbons (Fsp3) is 0.500. The zero-order chi connectivity index (χ0) is 14.4. The van der Waals surface area contributed by atoms with Gasteiger partial charge in [0.05, 0.1) is 11.3 Å². The summed E-state index contributed by atoms with van der Waals surface area (Å²) in [6, 6.07) is 3.91. The first kappa shape index (κ1) is 13.3. The van der Waals surface area contributed by atoms with Gasteiger partial charge in [0.1, 0.15) is 6.17 Å². The molecule has 1 fully saturated rings. The number of thioether (sulfide) groups is 1. The van der Waals surface area contributed by atoms with Gasteiger partial charge < -0.3 is 5.32 Å². The first-order chi connectivity index (χ1) is 10.2. The second kappa shape index (κ2) is 5.14. The minimum absolute atomic E-state index is 0.0189. The Morgan fingerprint density at radius 2 is 2.33 bits per heavy atom. The Labute approximate surface area is 128 Å². The molecule has 0 radical (unpaired) electrons. The van der Waals surface area contributed by atoms with E-state index in [1.165, 1.54) is 16.9 Å². The van der Waals surface area contributed by atoms with Crippen LogP contribution in [0, 0.1) is 11.8 Å². The van der Waals surface area contributed by atoms with E-state index in [0.717, 1.165) is 24.3 Å². The van der Waals surface area contributed by atoms with E-state index in [4.69, 9.17) is 0 Å². The van der Waals surface area contributed by atoms with Gasteiger partial charge in [-0.3, -0.25) is 15.1 Å². The molecule has 1 aliphatic carbocycles. The first-order valence-electron chi connectivity index (χ1n) is 7.57. The van der Waals surface area contributed by atoms with Crippen molar-refractivity contribution in [3.05, 3.63) is 40.6 Å². The molecule has 21 heavy (non-hydrogen) atoms. The van der Waals surface area contributed by atoms with Crippen LogP contribution in [-0.4, -0.2) is 16.3 Å². The zero-order valence-electron chi connectivity index (χ0n) is 12.0. The van der Waals surface area contributed by atoms with E-state index in [1.54, 1.807) is 6.20 Å². The summed E-state index contributed by atoms with van der Waals surface area (Å²) in [6.45, 7) is 2.30. The number of hydrogen-bond donors (Lipinski definition) is 2. The van der Waals surface area contributed by atoms with Crippen molar-refractivity contribution in [3.63, 3.8) is 0 Å². The van der Waals surface area contributed by atoms with E-state index in [0.29, 0.717) is 0 Å². The van der Waals surface area contributed by atoms with Gasteiger partial charge in [-0.2, -0.15) is 0 Å². The van der Waals surface area contributed by atoms with Gasteiger partial charge >= 0.3 is 0 Å². The molecule has 1 saturated heterocycles. The van der Waals surface area contributed by atoms with Crippen LogP contribution in [0.25, 0.3) is 0 Å². The van der Waals surface area contributed by atoms with E-state index in [1.807, 2.05) is 30.1 Å². The molecule has 1 amide bonds. The number of nitrogens with one attached hydrogen (secondary N) is 2. The molecule has 2 N–H and O–H groups in total. The molecule has 0 bridgehead atoms. The lowest BCUT2D eigenvalue weighted by Gasteiger charge is -2.34. The highest BCUT2D eigenvalue weighted by Gasteiger charge is 2.45. The van der Waals surface area contributed by atoms with Gasteiger partial charge in [0.15, 0.2) is 0 Å². The van der Waals surface area contributed by atoms with Crippen molar-refractivity contribution in [2.24, 2.45) is 11.8 Å². The van der Waals surface area contributed by atoms with E-state index >= 15 is 0 Å². The third-order valence-electron chi connectivity index (χ3n) is 4.66. The number of fused-ring (bicyclic) bond motifs is 2. The molecule has 0 aromatic carbocycles. The van der Waals surface area contributed by atoms with Crippen LogP contribution in [0.1, 0.15) is 37.9 Å². The molecule has 1 aromatic rings. The van der Waals surface area contributed by atoms with E-state index in [-0.39, 0.29) is 23.4 Å². The van der Waals surface area contributed by atoms with Gasteiger partial charge in [-0.1, -0.05) is 13.0 Å². The Morgan fingerprint density at radius 3 is 3.14 bits per heavy atom. The standard InChI is InChI=1S/C16H19N3OS/c1-9-4-5-11-12(7-9)21-16-13(11)15(20)18-14(19-16)10-3-2-6-17-8-10/h2-3,6,8-9,13-14,16,19H,4-5,7H2,1H3,(H,18,20). The van der Waals surface area contributed by atoms with Crippen LogP contribution < -0.4 is 10.6 Å². The maximum absolute atomic E-state index is 12.6. The Balaban J connectivity index is 1.58. The maximum atomic E-state index is 12.6. The Hall–Kier alpha value is -1.33. The Kier molecular flexibility index (Phi) is 3.27. The lowest BCUT2D eigenvalue weighted by Crippen LogP contribution is -2.54. The molecule has 4 rings (SSSR count). The van der Waals surface area contributed by atoms with Crippen molar-refractivity contribution in [1.29, 1.82) is 0 Å². The highest BCUT2D eigenvalue weighted by Crippen LogP contribution is 2.50. The topological polar surface area (TPSA) is 54.0 Å². The molecular weight excluding hydrogens is 282 g/mol. The van der Waals surface area contributed by atoms with Crippen molar-refractivity contribution in [2.75, 3.05) is 0 Å². The molecule has 110 valence electrons. The minimum atomic E-state index is -0.126. The minimum Gasteiger partial charge on any atom is -0.336 e. The second-order valence-corrected chi connectivity index (χ2v) is 7.44. The molecule has 0 saturated carbocycles. The number of allylic oxidation sites excluding steroid dienone is 1. The number of nitrogens with zero attached hydrogens (tertiary/aromatic N) is 1. The zero-order valence-corrected chi connectivity index (χ0v) is 12.8. The van der Waals surface area contributed by atoms with Crippen molar-refractivity contribution in [1.82, 2.24) is 15.6 Å². The molecule has 1 aromatic heterocycles. The number of carbonyl (C=O) groups excluding carboxylic acids is 1. The molecule has 0 spiro atoms. The third kappa shape index (κ3) is 2.28. The Bertz CT molecular complexity index is 601. The smallest absolute Gasteiger partial charge is 0.231 e. The summed E-state index contributed by atoms with van der Waals surface area (Å²) in [4.78, 5) is 18.2. The third-order valence-corrected chi connectivity index (χ3v) is 6.04. The first-order valence-corrected chi connectivity index (χ1v) is 8.45. The molecule has 4 unspecified atom stereocenters. The number of rotatable bonds is 1. The summed E-state index contributed by atoms with van der Waals surface area (Å²) in [5.74, 6) is 0.929. The predicted molar refractivity (Wildman–Crippen MR) is 83.2 cm³/mol. The predicted octanol–water partition coefficient (Wildman–Crippen LogP) is 2.56. The molecule has 2 aliphatic heterocycles. The average molecular weight is 301 g/mol. The fourth-order valence-electron chi connectivity index (χ4n) is 3.54. The average Bonchev–Trinajstić information content (AvgIpc) is 2.85. The molecule has 5 heteroatoms. The van der Waals surface area contributed by atoms with Crippen molar-refractivity contribution < 1.29 is 4.79 Å². The van der Waals surface area contributed by atoms with Crippen LogP contribution in [0.4, 0.5) is 0 Å². The van der Waals surface area contributed by atoms with Gasteiger partial charge in [0, 0.05) is 18.0 Å². The van der Waals surface area contributed by atoms with E-state index in [9.17, 15) is 4.79 Å². The molecule has 3 aliphatic rings. The highest BCUT2D eigenvalue weighted by atomic mass is 32.2. The molecule has 4 atom stereocenters. The number of carbonyl (C=O) groups is 1. The van der Waals surface area contributed by atoms with Crippen molar-refractivity contribution in [3.8, 4) is 0 Å². The normalized spacial score (nSPS) is 35.2. The SMILES string of the molecule is CC1CCC2=C(C1)SC1NC(c3cccnc3)NC(=O)C21. The molecule has 4 nitrogen and oxygen atoms in total. The second-order valence-electron chi connectivity index (χ2n) is 6.21. The van der Waals surface area contributed by atoms with Crippen LogP contribution in [0.5, 0.6) is 0 Å². The van der Waals surface area contributed by atoms with Crippen molar-refractivity contribution in [2.45, 2.75) is 37.7 Å². The van der Waals surface area contributed by atoms with Gasteiger partial charge in [0.25, 0.3) is 0 Å². The van der Waals surface area contributed by atoms with Crippen LogP contribution in [-0.2, 0) is 4.79 Å². The summed E-state index contributed by atoms with van der Waals surface area (Å²) >= 11 is 1.87. The number of hydrogen-bond acceptors (Lipinski definition) is 4. The maximum Gasteiger partial charge on any atom is 0.231 e. The van der Waals surface area contributed by atoms with Crippen LogP contribution in [0.2, 0.25) is 0 Å². The van der Waals surface area contributed by atoms with Gasteiger partial charge in [-0.05, 0) is 41.7 Å². The summed E-state index contributed by atoms with van der Waals surface area (Å²) in [7, 11) is 0. The van der Waals surface area contributed by atoms with Gasteiger partial charge in [0.2, 0.25) is 5.91 Å². The summed E-state index contributed by atoms with van der Waals surface area (Å²) < 4.78 is 0. The summed E-state index contributed by atoms with van der Waals surface area (Å²) in [6.07, 6.45) is 6.87. The van der Waals surface area contributed by atoms with Crippen LogP contribution in [0.15, 0.2) is 35.0 Å². The number of aromatic nitrogens is 1. The van der Waals surface area contributed by atoms with Crippen LogP contribution >= 0.6 is 11.8 Å². The number of amides is 1. The van der Waals surface area contributed by atoms with Crippen LogP contribution in [0.3, 0.4) is 0 Å². The van der Waals surface area contributed by atoms with E-state index in [2.05, 4.69) is 22.5 Å². The summed E-state index contributed by atoms with van der Waals surface area (Å²) in [5.41, 5.74) is 2.40. The lowest BCUT2D eigenvalue weighted by molar-refractivity contribution is -0.127. The molecular formula is C16H19N3OS. The highest BCUT2D eigenvalue weighted by molar-refractivity contribution is 8.04. The number of pyridine rings is 1. The monoisotopic (exact) mass is 301 g/mol. The van der Waals surface area contributed by atoms with E-state index < -0.39 is 0 Å². The van der Waals surface area contributed by atoms with Gasteiger partial charge in [-0.25, -0.2) is 0 Å².